The maximum Gasteiger partial charge on any atom is 0.253 e. The number of fused-ring (bicyclic) bond motifs is 1. The van der Waals surface area contributed by atoms with Gasteiger partial charge in [0.15, 0.2) is 6.29 Å². The fraction of sp³-hybridized carbons (Fsp3) is 0.333. The number of anilines is 1. The predicted octanol–water partition coefficient (Wildman–Crippen LogP) is 5.91. The molecule has 0 bridgehead atoms. The highest BCUT2D eigenvalue weighted by atomic mass is 19.1. The summed E-state index contributed by atoms with van der Waals surface area (Å²) in [6, 6.07) is 18.3. The number of piperazine rings is 1. The molecule has 4 aromatic rings. The molecule has 1 aromatic heterocycles. The maximum absolute atomic E-state index is 14.0. The van der Waals surface area contributed by atoms with Gasteiger partial charge in [-0.05, 0) is 56.2 Å². The molecule has 230 valence electrons. The van der Waals surface area contributed by atoms with E-state index in [1.54, 1.807) is 30.9 Å². The number of nitrogens with one attached hydrogen (secondary N) is 1. The highest BCUT2D eigenvalue weighted by Gasteiger charge is 2.28. The number of aryl methyl sites for hydroxylation is 1. The van der Waals surface area contributed by atoms with Crippen LogP contribution in [0.25, 0.3) is 10.9 Å². The standard InChI is InChI=1S/C20H22F3N3O.C10H9N.C3H8O2/c1-13(19-17(22)11-15(21)12-18(19)23)25-7-9-26(10-8-25)20(27)14-3-5-16(24-2)6-4-14;1-8-4-2-5-9-6-3-7-11-10(8)9;1-2-3(4)5/h3-6,11-13,24H,7-10H2,1-2H3;2-7H,1H3;3-5H,2H2,1H3. The molecule has 1 aliphatic heterocycles. The van der Waals surface area contributed by atoms with Crippen molar-refractivity contribution in [1.29, 1.82) is 0 Å². The second kappa shape index (κ2) is 16.0. The molecule has 1 aliphatic rings. The number of para-hydroxylation sites is 1. The normalized spacial score (nSPS) is 14.0. The van der Waals surface area contributed by atoms with Crippen LogP contribution in [0.3, 0.4) is 0 Å². The molecule has 5 rings (SSSR count). The van der Waals surface area contributed by atoms with Crippen molar-refractivity contribution in [2.45, 2.75) is 39.5 Å². The van der Waals surface area contributed by atoms with Gasteiger partial charge >= 0.3 is 0 Å². The number of benzene rings is 3. The van der Waals surface area contributed by atoms with Gasteiger partial charge in [-0.1, -0.05) is 31.2 Å². The number of hydrogen-bond donors (Lipinski definition) is 3. The third-order valence-corrected chi connectivity index (χ3v) is 7.23. The average molecular weight is 597 g/mol. The van der Waals surface area contributed by atoms with Crippen LogP contribution < -0.4 is 5.32 Å². The molecule has 0 aliphatic carbocycles. The molecule has 10 heteroatoms. The fourth-order valence-corrected chi connectivity index (χ4v) is 4.67. The van der Waals surface area contributed by atoms with E-state index in [2.05, 4.69) is 41.5 Å². The Kier molecular flexibility index (Phi) is 12.5. The van der Waals surface area contributed by atoms with Crippen LogP contribution in [0.5, 0.6) is 0 Å². The van der Waals surface area contributed by atoms with E-state index in [0.29, 0.717) is 50.3 Å². The topological polar surface area (TPSA) is 88.9 Å². The number of hydrogen-bond acceptors (Lipinski definition) is 6. The Morgan fingerprint density at radius 3 is 2.07 bits per heavy atom. The minimum absolute atomic E-state index is 0.0656. The highest BCUT2D eigenvalue weighted by Crippen LogP contribution is 2.28. The van der Waals surface area contributed by atoms with Crippen LogP contribution in [0.15, 0.2) is 72.9 Å². The summed E-state index contributed by atoms with van der Waals surface area (Å²) in [4.78, 5) is 20.5. The van der Waals surface area contributed by atoms with Gasteiger partial charge in [0.05, 0.1) is 5.52 Å². The SMILES string of the molecule is CCC(O)O.CNc1ccc(C(=O)N2CCN(C(C)c3c(F)cc(F)cc3F)CC2)cc1.Cc1cccc2cccnc12. The van der Waals surface area contributed by atoms with Gasteiger partial charge in [-0.3, -0.25) is 14.7 Å². The average Bonchev–Trinajstić information content (AvgIpc) is 3.01. The number of aromatic nitrogens is 1. The Morgan fingerprint density at radius 1 is 0.953 bits per heavy atom. The second-order valence-electron chi connectivity index (χ2n) is 10.2. The number of carbonyl (C=O) groups excluding carboxylic acids is 1. The van der Waals surface area contributed by atoms with Crippen molar-refractivity contribution in [3.63, 3.8) is 0 Å². The molecule has 1 fully saturated rings. The molecule has 3 N–H and O–H groups in total. The maximum atomic E-state index is 14.0. The number of aliphatic hydroxyl groups is 2. The van der Waals surface area contributed by atoms with Gasteiger partial charge in [0, 0.05) is 79.8 Å². The summed E-state index contributed by atoms with van der Waals surface area (Å²) in [5.74, 6) is -2.77. The van der Waals surface area contributed by atoms with Crippen LogP contribution in [0, 0.1) is 24.4 Å². The van der Waals surface area contributed by atoms with Crippen molar-refractivity contribution >= 4 is 22.5 Å². The quantitative estimate of drug-likeness (QED) is 0.248. The minimum atomic E-state index is -1.12. The van der Waals surface area contributed by atoms with Crippen LogP contribution >= 0.6 is 0 Å². The predicted molar refractivity (Wildman–Crippen MR) is 163 cm³/mol. The van der Waals surface area contributed by atoms with Crippen molar-refractivity contribution in [3.05, 3.63) is 107 Å². The summed E-state index contributed by atoms with van der Waals surface area (Å²) in [5.41, 5.74) is 3.73. The smallest absolute Gasteiger partial charge is 0.253 e. The number of nitrogens with zero attached hydrogens (tertiary/aromatic N) is 3. The Morgan fingerprint density at radius 2 is 1.53 bits per heavy atom. The Bertz CT molecular complexity index is 1450. The number of rotatable bonds is 5. The third kappa shape index (κ3) is 9.25. The van der Waals surface area contributed by atoms with Crippen LogP contribution in [-0.4, -0.2) is 70.4 Å². The molecule has 3 aromatic carbocycles. The Balaban J connectivity index is 0.000000258. The number of amides is 1. The Hall–Kier alpha value is -3.99. The molecule has 2 heterocycles. The van der Waals surface area contributed by atoms with Gasteiger partial charge in [0.1, 0.15) is 17.5 Å². The zero-order valence-corrected chi connectivity index (χ0v) is 24.9. The van der Waals surface area contributed by atoms with Crippen LogP contribution in [0.4, 0.5) is 18.9 Å². The van der Waals surface area contributed by atoms with Gasteiger partial charge in [-0.25, -0.2) is 13.2 Å². The number of halogens is 3. The van der Waals surface area contributed by atoms with E-state index in [4.69, 9.17) is 10.2 Å². The molecule has 1 saturated heterocycles. The highest BCUT2D eigenvalue weighted by molar-refractivity contribution is 5.94. The lowest BCUT2D eigenvalue weighted by atomic mass is 10.0. The number of aliphatic hydroxyl groups excluding tert-OH is 1. The fourth-order valence-electron chi connectivity index (χ4n) is 4.67. The van der Waals surface area contributed by atoms with E-state index in [9.17, 15) is 18.0 Å². The van der Waals surface area contributed by atoms with Crippen LogP contribution in [-0.2, 0) is 0 Å². The lowest BCUT2D eigenvalue weighted by Gasteiger charge is -2.38. The van der Waals surface area contributed by atoms with E-state index in [-0.39, 0.29) is 11.5 Å². The molecule has 1 atom stereocenters. The first kappa shape index (κ1) is 33.5. The Labute approximate surface area is 250 Å². The van der Waals surface area contributed by atoms with E-state index in [1.165, 1.54) is 10.9 Å². The lowest BCUT2D eigenvalue weighted by molar-refractivity contribution is -0.0413. The zero-order valence-electron chi connectivity index (χ0n) is 24.9. The summed E-state index contributed by atoms with van der Waals surface area (Å²) in [6.07, 6.45) is 1.13. The van der Waals surface area contributed by atoms with Gasteiger partial charge in [-0.15, -0.1) is 0 Å². The third-order valence-electron chi connectivity index (χ3n) is 7.23. The van der Waals surface area contributed by atoms with Crippen LogP contribution in [0.1, 0.15) is 47.8 Å². The number of carbonyl (C=O) groups is 1. The molecular weight excluding hydrogens is 557 g/mol. The zero-order chi connectivity index (χ0) is 31.5. The van der Waals surface area contributed by atoms with Crippen molar-refractivity contribution in [3.8, 4) is 0 Å². The first-order valence-corrected chi connectivity index (χ1v) is 14.2. The minimum Gasteiger partial charge on any atom is -0.388 e. The summed E-state index contributed by atoms with van der Waals surface area (Å²) < 4.78 is 41.2. The molecule has 43 heavy (non-hydrogen) atoms. The molecule has 0 radical (unpaired) electrons. The largest absolute Gasteiger partial charge is 0.388 e. The summed E-state index contributed by atoms with van der Waals surface area (Å²) in [6.45, 7) is 7.35. The van der Waals surface area contributed by atoms with Gasteiger partial charge in [-0.2, -0.15) is 0 Å². The number of pyridine rings is 1. The summed E-state index contributed by atoms with van der Waals surface area (Å²) in [7, 11) is 1.81. The molecule has 0 spiro atoms. The first-order chi connectivity index (χ1) is 20.5. The summed E-state index contributed by atoms with van der Waals surface area (Å²) in [5, 5.41) is 20.1. The van der Waals surface area contributed by atoms with E-state index in [0.717, 1.165) is 11.2 Å². The monoisotopic (exact) mass is 596 g/mol. The first-order valence-electron chi connectivity index (χ1n) is 14.2. The van der Waals surface area contributed by atoms with Gasteiger partial charge in [0.2, 0.25) is 0 Å². The van der Waals surface area contributed by atoms with Gasteiger partial charge < -0.3 is 20.4 Å². The molecule has 1 amide bonds. The van der Waals surface area contributed by atoms with Crippen molar-refractivity contribution in [2.75, 3.05) is 38.5 Å². The van der Waals surface area contributed by atoms with E-state index < -0.39 is 29.8 Å². The van der Waals surface area contributed by atoms with E-state index >= 15 is 0 Å². The van der Waals surface area contributed by atoms with E-state index in [1.807, 2.05) is 36.3 Å². The van der Waals surface area contributed by atoms with Gasteiger partial charge in [0.25, 0.3) is 5.91 Å². The van der Waals surface area contributed by atoms with Crippen molar-refractivity contribution in [2.24, 2.45) is 0 Å². The van der Waals surface area contributed by atoms with Crippen molar-refractivity contribution < 1.29 is 28.2 Å². The molecule has 0 saturated carbocycles. The second-order valence-corrected chi connectivity index (χ2v) is 10.2. The molecular formula is C33H39F3N4O3. The van der Waals surface area contributed by atoms with Crippen molar-refractivity contribution in [1.82, 2.24) is 14.8 Å². The summed E-state index contributed by atoms with van der Waals surface area (Å²) >= 11 is 0. The lowest BCUT2D eigenvalue weighted by Crippen LogP contribution is -2.49. The van der Waals surface area contributed by atoms with Crippen LogP contribution in [0.2, 0.25) is 0 Å². The molecule has 7 nitrogen and oxygen atoms in total. The molecule has 1 unspecified atom stereocenters.